The van der Waals surface area contributed by atoms with Crippen molar-refractivity contribution in [2.24, 2.45) is 0 Å². The minimum Gasteiger partial charge on any atom is -1.00 e. The van der Waals surface area contributed by atoms with E-state index in [9.17, 15) is 0 Å². The molecule has 1 aliphatic heterocycles. The van der Waals surface area contributed by atoms with E-state index in [1.54, 1.807) is 22.3 Å². The molecule has 90 valence electrons. The summed E-state index contributed by atoms with van der Waals surface area (Å²) < 4.78 is 3.69. The Morgan fingerprint density at radius 1 is 0.824 bits per heavy atom. The third kappa shape index (κ3) is 2.72. The summed E-state index contributed by atoms with van der Waals surface area (Å²) in [6.07, 6.45) is 10.1. The molecular formula is C14H16Cl2Zr. The molecule has 0 nitrogen and oxygen atoms in total. The monoisotopic (exact) mass is 344 g/mol. The normalized spacial score (nSPS) is 21.1. The molecule has 0 spiro atoms. The molecule has 0 saturated carbocycles. The van der Waals surface area contributed by atoms with Crippen LogP contribution in [0.15, 0.2) is 41.0 Å². The van der Waals surface area contributed by atoms with Gasteiger partial charge in [-0.1, -0.05) is 0 Å². The number of allylic oxidation sites excluding steroid dienone is 8. The third-order valence-corrected chi connectivity index (χ3v) is 8.27. The van der Waals surface area contributed by atoms with Gasteiger partial charge in [0.25, 0.3) is 0 Å². The van der Waals surface area contributed by atoms with Gasteiger partial charge in [-0.15, -0.1) is 0 Å². The van der Waals surface area contributed by atoms with Crippen molar-refractivity contribution >= 4 is 0 Å². The quantitative estimate of drug-likeness (QED) is 0.480. The molecule has 2 aliphatic carbocycles. The summed E-state index contributed by atoms with van der Waals surface area (Å²) in [6, 6.07) is 0. The van der Waals surface area contributed by atoms with Crippen molar-refractivity contribution in [1.29, 1.82) is 0 Å². The molecule has 0 aromatic heterocycles. The summed E-state index contributed by atoms with van der Waals surface area (Å²) in [5.41, 5.74) is 6.67. The minimum absolute atomic E-state index is 0. The van der Waals surface area contributed by atoms with E-state index in [1.165, 1.54) is 25.7 Å². The van der Waals surface area contributed by atoms with Crippen LogP contribution in [-0.4, -0.2) is 0 Å². The van der Waals surface area contributed by atoms with Crippen LogP contribution < -0.4 is 24.8 Å². The van der Waals surface area contributed by atoms with Crippen LogP contribution in [0.4, 0.5) is 0 Å². The zero-order valence-corrected chi connectivity index (χ0v) is 14.2. The molecule has 3 rings (SSSR count). The van der Waals surface area contributed by atoms with Gasteiger partial charge in [-0.25, -0.2) is 0 Å². The summed E-state index contributed by atoms with van der Waals surface area (Å²) >= 11 is -0.398. The zero-order chi connectivity index (χ0) is 10.4. The fourth-order valence-corrected chi connectivity index (χ4v) is 6.38. The van der Waals surface area contributed by atoms with Crippen molar-refractivity contribution in [3.63, 3.8) is 0 Å². The van der Waals surface area contributed by atoms with E-state index in [0.717, 1.165) is 0 Å². The van der Waals surface area contributed by atoms with Crippen LogP contribution in [0.3, 0.4) is 0 Å². The van der Waals surface area contributed by atoms with Crippen molar-refractivity contribution < 1.29 is 48.0 Å². The first-order valence-electron chi connectivity index (χ1n) is 5.81. The second-order valence-electron chi connectivity index (χ2n) is 4.70. The molecule has 0 aromatic rings. The summed E-state index contributed by atoms with van der Waals surface area (Å²) in [5.74, 6) is 0. The van der Waals surface area contributed by atoms with Crippen LogP contribution in [0, 0.1) is 0 Å². The van der Waals surface area contributed by atoms with Gasteiger partial charge in [0.1, 0.15) is 0 Å². The SMILES string of the molecule is CC1=[C]2CC=C1CCC1=CC[C](=C1C)[Zr+2]2.[Cl-].[Cl-]. The van der Waals surface area contributed by atoms with Gasteiger partial charge in [0.05, 0.1) is 0 Å². The Bertz CT molecular complexity index is 411. The van der Waals surface area contributed by atoms with Gasteiger partial charge < -0.3 is 24.8 Å². The molecule has 0 amide bonds. The van der Waals surface area contributed by atoms with Crippen LogP contribution in [0.5, 0.6) is 0 Å². The molecule has 0 aromatic carbocycles. The topological polar surface area (TPSA) is 0 Å². The Labute approximate surface area is 128 Å². The number of fused-ring (bicyclic) bond motifs is 2. The Morgan fingerprint density at radius 2 is 1.24 bits per heavy atom. The van der Waals surface area contributed by atoms with E-state index in [0.29, 0.717) is 0 Å². The predicted molar refractivity (Wildman–Crippen MR) is 60.0 cm³/mol. The predicted octanol–water partition coefficient (Wildman–Crippen LogP) is -1.92. The van der Waals surface area contributed by atoms with E-state index < -0.39 is 23.2 Å². The Morgan fingerprint density at radius 3 is 1.65 bits per heavy atom. The molecule has 0 fully saturated rings. The van der Waals surface area contributed by atoms with Crippen LogP contribution in [0.25, 0.3) is 0 Å². The number of halogens is 2. The first-order valence-corrected chi connectivity index (χ1v) is 8.27. The van der Waals surface area contributed by atoms with Crippen LogP contribution in [0.2, 0.25) is 0 Å². The Balaban J connectivity index is 0.000000722. The van der Waals surface area contributed by atoms with E-state index in [2.05, 4.69) is 26.0 Å². The fraction of sp³-hybridized carbons (Fsp3) is 0.429. The average Bonchev–Trinajstić information content (AvgIpc) is 2.74. The fourth-order valence-electron chi connectivity index (χ4n) is 2.77. The van der Waals surface area contributed by atoms with Crippen molar-refractivity contribution in [2.45, 2.75) is 39.5 Å². The molecule has 0 atom stereocenters. The van der Waals surface area contributed by atoms with Gasteiger partial charge in [0.2, 0.25) is 0 Å². The van der Waals surface area contributed by atoms with Crippen molar-refractivity contribution in [1.82, 2.24) is 0 Å². The van der Waals surface area contributed by atoms with Gasteiger partial charge in [-0.05, 0) is 0 Å². The molecule has 0 saturated heterocycles. The summed E-state index contributed by atoms with van der Waals surface area (Å²) in [6.45, 7) is 4.72. The molecule has 1 heterocycles. The maximum Gasteiger partial charge on any atom is -1.00 e. The summed E-state index contributed by atoms with van der Waals surface area (Å²) in [7, 11) is 0. The second kappa shape index (κ2) is 6.04. The Hall–Kier alpha value is 0.423. The number of hydrogen-bond donors (Lipinski definition) is 0. The minimum atomic E-state index is -0.398. The van der Waals surface area contributed by atoms with Crippen LogP contribution in [0.1, 0.15) is 39.5 Å². The van der Waals surface area contributed by atoms with Crippen LogP contribution in [-0.2, 0) is 23.2 Å². The zero-order valence-electron chi connectivity index (χ0n) is 10.2. The van der Waals surface area contributed by atoms with E-state index in [4.69, 9.17) is 0 Å². The molecule has 0 unspecified atom stereocenters. The van der Waals surface area contributed by atoms with Gasteiger partial charge in [0.15, 0.2) is 0 Å². The van der Waals surface area contributed by atoms with Gasteiger partial charge in [-0.3, -0.25) is 0 Å². The number of hydrogen-bond acceptors (Lipinski definition) is 0. The Kier molecular flexibility index (Phi) is 5.50. The first kappa shape index (κ1) is 15.5. The average molecular weight is 346 g/mol. The standard InChI is InChI=1S/C14H16.2ClH.Zr/c1-11-5-3-7-13(11)9-10-14-8-4-6-12(14)2;;;/h7-8H,3-4,9-10H2,1-2H3;2*1H;/q;;;+2/p-2. The summed E-state index contributed by atoms with van der Waals surface area (Å²) in [5, 5.41) is 0. The molecular weight excluding hydrogens is 330 g/mol. The third-order valence-electron chi connectivity index (χ3n) is 3.94. The molecule has 4 bridgehead atoms. The summed E-state index contributed by atoms with van der Waals surface area (Å²) in [4.78, 5) is 0. The number of rotatable bonds is 0. The molecule has 3 aliphatic rings. The second-order valence-corrected chi connectivity index (χ2v) is 8.28. The van der Waals surface area contributed by atoms with Gasteiger partial charge >= 0.3 is 104 Å². The van der Waals surface area contributed by atoms with E-state index in [-0.39, 0.29) is 24.8 Å². The van der Waals surface area contributed by atoms with Gasteiger partial charge in [0, 0.05) is 0 Å². The van der Waals surface area contributed by atoms with E-state index in [1.807, 2.05) is 6.56 Å². The van der Waals surface area contributed by atoms with Gasteiger partial charge in [-0.2, -0.15) is 0 Å². The van der Waals surface area contributed by atoms with Crippen LogP contribution >= 0.6 is 0 Å². The molecule has 0 radical (unpaired) electrons. The maximum atomic E-state index is 2.49. The molecule has 3 heteroatoms. The largest absolute Gasteiger partial charge is 1.00 e. The maximum absolute atomic E-state index is 2.49. The van der Waals surface area contributed by atoms with Crippen molar-refractivity contribution in [3.05, 3.63) is 41.0 Å². The molecule has 0 N–H and O–H groups in total. The molecule has 17 heavy (non-hydrogen) atoms. The first-order chi connectivity index (χ1) is 7.25. The van der Waals surface area contributed by atoms with Crippen molar-refractivity contribution in [3.8, 4) is 0 Å². The van der Waals surface area contributed by atoms with Crippen molar-refractivity contribution in [2.75, 3.05) is 0 Å². The van der Waals surface area contributed by atoms with E-state index >= 15 is 0 Å². The smallest absolute Gasteiger partial charge is 1.00 e.